The van der Waals surface area contributed by atoms with Crippen LogP contribution < -0.4 is 5.32 Å². The number of aryl methyl sites for hydroxylation is 2. The SMILES string of the molecule is CCNC(CCc1cnn(C)c1)C1CC1. The maximum Gasteiger partial charge on any atom is 0.0521 e. The lowest BCUT2D eigenvalue weighted by Gasteiger charge is -2.16. The molecule has 1 aromatic heterocycles. The van der Waals surface area contributed by atoms with Gasteiger partial charge in [0.25, 0.3) is 0 Å². The van der Waals surface area contributed by atoms with Gasteiger partial charge in [0.15, 0.2) is 0 Å². The molecule has 1 heterocycles. The van der Waals surface area contributed by atoms with Crippen molar-refractivity contribution in [3.63, 3.8) is 0 Å². The molecule has 0 spiro atoms. The minimum atomic E-state index is 0.732. The van der Waals surface area contributed by atoms with Crippen LogP contribution in [0.5, 0.6) is 0 Å². The predicted octanol–water partition coefficient (Wildman–Crippen LogP) is 1.74. The number of nitrogens with one attached hydrogen (secondary N) is 1. The Morgan fingerprint density at radius 2 is 2.40 bits per heavy atom. The topological polar surface area (TPSA) is 29.9 Å². The third-order valence-electron chi connectivity index (χ3n) is 3.16. The largest absolute Gasteiger partial charge is 0.314 e. The lowest BCUT2D eigenvalue weighted by Crippen LogP contribution is -2.31. The van der Waals surface area contributed by atoms with Crippen molar-refractivity contribution in [3.05, 3.63) is 18.0 Å². The highest BCUT2D eigenvalue weighted by molar-refractivity contribution is 5.04. The molecule has 1 aliphatic rings. The first kappa shape index (κ1) is 10.7. The molecule has 2 rings (SSSR count). The first-order valence-electron chi connectivity index (χ1n) is 6.00. The van der Waals surface area contributed by atoms with Crippen LogP contribution in [-0.2, 0) is 13.5 Å². The first-order chi connectivity index (χ1) is 7.29. The average Bonchev–Trinajstić information content (AvgIpc) is 2.97. The monoisotopic (exact) mass is 207 g/mol. The van der Waals surface area contributed by atoms with E-state index < -0.39 is 0 Å². The molecule has 1 fully saturated rings. The van der Waals surface area contributed by atoms with E-state index in [1.807, 2.05) is 17.9 Å². The van der Waals surface area contributed by atoms with E-state index in [0.29, 0.717) is 0 Å². The lowest BCUT2D eigenvalue weighted by molar-refractivity contribution is 0.446. The second kappa shape index (κ2) is 4.79. The predicted molar refractivity (Wildman–Crippen MR) is 61.7 cm³/mol. The summed E-state index contributed by atoms with van der Waals surface area (Å²) in [5.74, 6) is 0.946. The zero-order valence-electron chi connectivity index (χ0n) is 9.74. The summed E-state index contributed by atoms with van der Waals surface area (Å²) in [6.45, 7) is 3.29. The Labute approximate surface area is 91.9 Å². The smallest absolute Gasteiger partial charge is 0.0521 e. The van der Waals surface area contributed by atoms with Crippen molar-refractivity contribution in [1.82, 2.24) is 15.1 Å². The zero-order chi connectivity index (χ0) is 10.7. The number of hydrogen-bond donors (Lipinski definition) is 1. The molecule has 3 heteroatoms. The normalized spacial score (nSPS) is 18.0. The summed E-state index contributed by atoms with van der Waals surface area (Å²) in [5, 5.41) is 7.79. The summed E-state index contributed by atoms with van der Waals surface area (Å²) in [6.07, 6.45) is 9.35. The Morgan fingerprint density at radius 1 is 1.60 bits per heavy atom. The third kappa shape index (κ3) is 3.06. The van der Waals surface area contributed by atoms with E-state index in [-0.39, 0.29) is 0 Å². The Kier molecular flexibility index (Phi) is 3.41. The Balaban J connectivity index is 1.79. The first-order valence-corrected chi connectivity index (χ1v) is 6.00. The summed E-state index contributed by atoms with van der Waals surface area (Å²) in [4.78, 5) is 0. The van der Waals surface area contributed by atoms with E-state index in [0.717, 1.165) is 24.9 Å². The number of rotatable bonds is 6. The maximum absolute atomic E-state index is 4.20. The quantitative estimate of drug-likeness (QED) is 0.770. The average molecular weight is 207 g/mol. The van der Waals surface area contributed by atoms with Crippen molar-refractivity contribution < 1.29 is 0 Å². The number of nitrogens with zero attached hydrogens (tertiary/aromatic N) is 2. The Bertz CT molecular complexity index is 302. The number of aromatic nitrogens is 2. The Hall–Kier alpha value is -0.830. The van der Waals surface area contributed by atoms with Crippen LogP contribution in [0, 0.1) is 5.92 Å². The molecular formula is C12H21N3. The van der Waals surface area contributed by atoms with Crippen LogP contribution in [-0.4, -0.2) is 22.4 Å². The van der Waals surface area contributed by atoms with E-state index in [9.17, 15) is 0 Å². The molecule has 0 saturated heterocycles. The van der Waals surface area contributed by atoms with Gasteiger partial charge in [-0.25, -0.2) is 0 Å². The summed E-state index contributed by atoms with van der Waals surface area (Å²) in [6, 6.07) is 0.732. The molecule has 1 atom stereocenters. The molecule has 0 bridgehead atoms. The summed E-state index contributed by atoms with van der Waals surface area (Å²) in [7, 11) is 1.98. The van der Waals surface area contributed by atoms with Crippen molar-refractivity contribution in [2.24, 2.45) is 13.0 Å². The molecule has 1 saturated carbocycles. The van der Waals surface area contributed by atoms with Crippen molar-refractivity contribution in [3.8, 4) is 0 Å². The van der Waals surface area contributed by atoms with Crippen LogP contribution in [0.3, 0.4) is 0 Å². The number of hydrogen-bond acceptors (Lipinski definition) is 2. The van der Waals surface area contributed by atoms with Crippen LogP contribution >= 0.6 is 0 Å². The van der Waals surface area contributed by atoms with E-state index in [1.54, 1.807) is 0 Å². The van der Waals surface area contributed by atoms with Crippen molar-refractivity contribution in [1.29, 1.82) is 0 Å². The molecule has 0 radical (unpaired) electrons. The van der Waals surface area contributed by atoms with Gasteiger partial charge in [-0.15, -0.1) is 0 Å². The highest BCUT2D eigenvalue weighted by Crippen LogP contribution is 2.34. The highest BCUT2D eigenvalue weighted by Gasteiger charge is 2.29. The fourth-order valence-corrected chi connectivity index (χ4v) is 2.19. The third-order valence-corrected chi connectivity index (χ3v) is 3.16. The van der Waals surface area contributed by atoms with Crippen LogP contribution in [0.1, 0.15) is 31.7 Å². The molecule has 1 N–H and O–H groups in total. The molecule has 15 heavy (non-hydrogen) atoms. The minimum absolute atomic E-state index is 0.732. The van der Waals surface area contributed by atoms with E-state index in [1.165, 1.54) is 24.8 Å². The molecule has 0 aliphatic heterocycles. The highest BCUT2D eigenvalue weighted by atomic mass is 15.2. The van der Waals surface area contributed by atoms with Gasteiger partial charge in [-0.3, -0.25) is 4.68 Å². The molecular weight excluding hydrogens is 186 g/mol. The van der Waals surface area contributed by atoms with Crippen LogP contribution in [0.15, 0.2) is 12.4 Å². The van der Waals surface area contributed by atoms with E-state index >= 15 is 0 Å². The lowest BCUT2D eigenvalue weighted by atomic mass is 10.0. The Morgan fingerprint density at radius 3 is 2.93 bits per heavy atom. The van der Waals surface area contributed by atoms with Gasteiger partial charge in [0.2, 0.25) is 0 Å². The van der Waals surface area contributed by atoms with Gasteiger partial charge >= 0.3 is 0 Å². The van der Waals surface area contributed by atoms with Gasteiger partial charge < -0.3 is 5.32 Å². The molecule has 0 aromatic carbocycles. The fourth-order valence-electron chi connectivity index (χ4n) is 2.19. The van der Waals surface area contributed by atoms with E-state index in [2.05, 4.69) is 23.5 Å². The van der Waals surface area contributed by atoms with Crippen LogP contribution in [0.25, 0.3) is 0 Å². The molecule has 3 nitrogen and oxygen atoms in total. The molecule has 84 valence electrons. The molecule has 1 unspecified atom stereocenters. The molecule has 1 aliphatic carbocycles. The summed E-state index contributed by atoms with van der Waals surface area (Å²) in [5.41, 5.74) is 1.36. The second-order valence-corrected chi connectivity index (χ2v) is 4.56. The zero-order valence-corrected chi connectivity index (χ0v) is 9.74. The second-order valence-electron chi connectivity index (χ2n) is 4.56. The van der Waals surface area contributed by atoms with Crippen LogP contribution in [0.2, 0.25) is 0 Å². The molecule has 1 aromatic rings. The van der Waals surface area contributed by atoms with Gasteiger partial charge in [0, 0.05) is 19.3 Å². The summed E-state index contributed by atoms with van der Waals surface area (Å²) >= 11 is 0. The van der Waals surface area contributed by atoms with Crippen molar-refractivity contribution in [2.45, 2.75) is 38.6 Å². The van der Waals surface area contributed by atoms with Gasteiger partial charge in [-0.05, 0) is 43.7 Å². The summed E-state index contributed by atoms with van der Waals surface area (Å²) < 4.78 is 1.88. The van der Waals surface area contributed by atoms with Gasteiger partial charge in [0.05, 0.1) is 6.20 Å². The van der Waals surface area contributed by atoms with Crippen molar-refractivity contribution in [2.75, 3.05) is 6.54 Å². The fraction of sp³-hybridized carbons (Fsp3) is 0.750. The minimum Gasteiger partial charge on any atom is -0.314 e. The standard InChI is InChI=1S/C12H21N3/c1-3-13-12(11-5-6-11)7-4-10-8-14-15(2)9-10/h8-9,11-13H,3-7H2,1-2H3. The van der Waals surface area contributed by atoms with Crippen molar-refractivity contribution >= 4 is 0 Å². The molecule has 0 amide bonds. The van der Waals surface area contributed by atoms with E-state index in [4.69, 9.17) is 0 Å². The van der Waals surface area contributed by atoms with Crippen LogP contribution in [0.4, 0.5) is 0 Å². The van der Waals surface area contributed by atoms with Gasteiger partial charge in [0.1, 0.15) is 0 Å². The maximum atomic E-state index is 4.20. The van der Waals surface area contributed by atoms with Gasteiger partial charge in [-0.2, -0.15) is 5.10 Å². The van der Waals surface area contributed by atoms with Gasteiger partial charge in [-0.1, -0.05) is 6.92 Å².